The van der Waals surface area contributed by atoms with E-state index in [1.54, 1.807) is 11.0 Å². The van der Waals surface area contributed by atoms with Crippen molar-refractivity contribution in [3.63, 3.8) is 0 Å². The minimum Gasteiger partial charge on any atom is -0.309 e. The summed E-state index contributed by atoms with van der Waals surface area (Å²) >= 11 is 1.87. The van der Waals surface area contributed by atoms with Crippen molar-refractivity contribution >= 4 is 11.8 Å². The Kier molecular flexibility index (Phi) is 4.93. The summed E-state index contributed by atoms with van der Waals surface area (Å²) in [7, 11) is 0. The SMILES string of the molecule is CSC(C)CNC(C)c1cccc(-n2cnnn2)c1. The number of hydrogen-bond acceptors (Lipinski definition) is 5. The van der Waals surface area contributed by atoms with Crippen LogP contribution in [0.2, 0.25) is 0 Å². The number of benzene rings is 1. The number of aromatic nitrogens is 4. The van der Waals surface area contributed by atoms with Gasteiger partial charge < -0.3 is 5.32 Å². The maximum Gasteiger partial charge on any atom is 0.143 e. The van der Waals surface area contributed by atoms with Gasteiger partial charge in [-0.05, 0) is 41.3 Å². The van der Waals surface area contributed by atoms with Crippen LogP contribution in [0.1, 0.15) is 25.5 Å². The molecule has 1 heterocycles. The smallest absolute Gasteiger partial charge is 0.143 e. The van der Waals surface area contributed by atoms with Gasteiger partial charge in [0.05, 0.1) is 5.69 Å². The minimum absolute atomic E-state index is 0.311. The zero-order valence-electron chi connectivity index (χ0n) is 11.4. The van der Waals surface area contributed by atoms with Crippen LogP contribution in [0.5, 0.6) is 0 Å². The molecular formula is C13H19N5S. The number of nitrogens with one attached hydrogen (secondary N) is 1. The fourth-order valence-electron chi connectivity index (χ4n) is 1.76. The van der Waals surface area contributed by atoms with Gasteiger partial charge in [0.15, 0.2) is 0 Å². The van der Waals surface area contributed by atoms with E-state index in [-0.39, 0.29) is 0 Å². The summed E-state index contributed by atoms with van der Waals surface area (Å²) in [5.74, 6) is 0. The average Bonchev–Trinajstić information content (AvgIpc) is 2.98. The molecule has 0 aliphatic rings. The van der Waals surface area contributed by atoms with Crippen molar-refractivity contribution in [2.24, 2.45) is 0 Å². The summed E-state index contributed by atoms with van der Waals surface area (Å²) in [6.07, 6.45) is 3.74. The Hall–Kier alpha value is -1.40. The van der Waals surface area contributed by atoms with Gasteiger partial charge >= 0.3 is 0 Å². The average molecular weight is 277 g/mol. The van der Waals surface area contributed by atoms with Crippen molar-refractivity contribution < 1.29 is 0 Å². The molecule has 0 aliphatic heterocycles. The molecule has 6 heteroatoms. The molecule has 1 N–H and O–H groups in total. The van der Waals surface area contributed by atoms with Crippen molar-refractivity contribution in [3.05, 3.63) is 36.2 Å². The van der Waals surface area contributed by atoms with Crippen LogP contribution in [-0.2, 0) is 0 Å². The van der Waals surface area contributed by atoms with Gasteiger partial charge in [0.2, 0.25) is 0 Å². The standard InChI is InChI=1S/C13H19N5S/c1-10(19-3)8-14-11(2)12-5-4-6-13(7-12)18-9-15-16-17-18/h4-7,9-11,14H,8H2,1-3H3. The van der Waals surface area contributed by atoms with Gasteiger partial charge in [-0.2, -0.15) is 11.8 Å². The fraction of sp³-hybridized carbons (Fsp3) is 0.462. The lowest BCUT2D eigenvalue weighted by Gasteiger charge is -2.17. The van der Waals surface area contributed by atoms with E-state index in [1.807, 2.05) is 23.9 Å². The highest BCUT2D eigenvalue weighted by Crippen LogP contribution is 2.16. The van der Waals surface area contributed by atoms with Crippen molar-refractivity contribution in [2.75, 3.05) is 12.8 Å². The highest BCUT2D eigenvalue weighted by Gasteiger charge is 2.08. The molecule has 19 heavy (non-hydrogen) atoms. The Bertz CT molecular complexity index is 499. The van der Waals surface area contributed by atoms with Crippen molar-refractivity contribution in [3.8, 4) is 5.69 Å². The molecular weight excluding hydrogens is 258 g/mol. The third-order valence-corrected chi connectivity index (χ3v) is 4.07. The maximum absolute atomic E-state index is 3.91. The Morgan fingerprint density at radius 2 is 2.21 bits per heavy atom. The van der Waals surface area contributed by atoms with Gasteiger partial charge in [-0.25, -0.2) is 4.68 Å². The number of hydrogen-bond donors (Lipinski definition) is 1. The normalized spacial score (nSPS) is 14.3. The van der Waals surface area contributed by atoms with Crippen LogP contribution in [0.3, 0.4) is 0 Å². The Balaban J connectivity index is 2.06. The number of thioether (sulfide) groups is 1. The molecule has 1 aromatic heterocycles. The van der Waals surface area contributed by atoms with E-state index in [4.69, 9.17) is 0 Å². The quantitative estimate of drug-likeness (QED) is 0.876. The molecule has 102 valence electrons. The summed E-state index contributed by atoms with van der Waals surface area (Å²) in [4.78, 5) is 0. The van der Waals surface area contributed by atoms with Crippen LogP contribution in [0.4, 0.5) is 0 Å². The molecule has 2 aromatic rings. The molecule has 0 saturated carbocycles. The first kappa shape index (κ1) is 14.0. The lowest BCUT2D eigenvalue weighted by atomic mass is 10.1. The molecule has 0 radical (unpaired) electrons. The highest BCUT2D eigenvalue weighted by molar-refractivity contribution is 7.99. The number of nitrogens with zero attached hydrogens (tertiary/aromatic N) is 4. The molecule has 0 bridgehead atoms. The highest BCUT2D eigenvalue weighted by atomic mass is 32.2. The van der Waals surface area contributed by atoms with Gasteiger partial charge in [-0.1, -0.05) is 19.1 Å². The number of tetrazole rings is 1. The van der Waals surface area contributed by atoms with E-state index >= 15 is 0 Å². The Morgan fingerprint density at radius 1 is 1.37 bits per heavy atom. The van der Waals surface area contributed by atoms with Crippen LogP contribution in [-0.4, -0.2) is 38.3 Å². The van der Waals surface area contributed by atoms with Gasteiger partial charge in [0.25, 0.3) is 0 Å². The van der Waals surface area contributed by atoms with Gasteiger partial charge in [-0.3, -0.25) is 0 Å². The minimum atomic E-state index is 0.311. The molecule has 0 saturated heterocycles. The molecule has 0 amide bonds. The molecule has 0 spiro atoms. The Labute approximate surface area is 117 Å². The molecule has 1 aromatic carbocycles. The topological polar surface area (TPSA) is 55.6 Å². The monoisotopic (exact) mass is 277 g/mol. The Morgan fingerprint density at radius 3 is 2.89 bits per heavy atom. The van der Waals surface area contributed by atoms with E-state index in [0.29, 0.717) is 11.3 Å². The number of rotatable bonds is 6. The first-order valence-corrected chi connectivity index (χ1v) is 7.59. The van der Waals surface area contributed by atoms with Gasteiger partial charge in [-0.15, -0.1) is 5.10 Å². The molecule has 2 rings (SSSR count). The van der Waals surface area contributed by atoms with Crippen LogP contribution >= 0.6 is 11.8 Å². The lowest BCUT2D eigenvalue weighted by Crippen LogP contribution is -2.25. The van der Waals surface area contributed by atoms with Crippen molar-refractivity contribution in [1.29, 1.82) is 0 Å². The maximum atomic E-state index is 3.91. The molecule has 2 atom stereocenters. The largest absolute Gasteiger partial charge is 0.309 e. The van der Waals surface area contributed by atoms with Crippen molar-refractivity contribution in [2.45, 2.75) is 25.1 Å². The summed E-state index contributed by atoms with van der Waals surface area (Å²) in [5, 5.41) is 15.4. The summed E-state index contributed by atoms with van der Waals surface area (Å²) in [5.41, 5.74) is 2.22. The third kappa shape index (κ3) is 3.78. The van der Waals surface area contributed by atoms with E-state index in [0.717, 1.165) is 12.2 Å². The molecule has 0 aliphatic carbocycles. The molecule has 2 unspecified atom stereocenters. The predicted octanol–water partition coefficient (Wildman–Crippen LogP) is 2.06. The van der Waals surface area contributed by atoms with Crippen LogP contribution in [0.15, 0.2) is 30.6 Å². The first-order chi connectivity index (χ1) is 9.20. The van der Waals surface area contributed by atoms with Crippen LogP contribution in [0.25, 0.3) is 5.69 Å². The van der Waals surface area contributed by atoms with E-state index < -0.39 is 0 Å². The molecule has 0 fully saturated rings. The summed E-state index contributed by atoms with van der Waals surface area (Å²) in [6, 6.07) is 8.57. The zero-order chi connectivity index (χ0) is 13.7. The van der Waals surface area contributed by atoms with Crippen molar-refractivity contribution in [1.82, 2.24) is 25.5 Å². The zero-order valence-corrected chi connectivity index (χ0v) is 12.3. The van der Waals surface area contributed by atoms with Gasteiger partial charge in [0, 0.05) is 17.8 Å². The summed E-state index contributed by atoms with van der Waals surface area (Å²) < 4.78 is 1.67. The van der Waals surface area contributed by atoms with E-state index in [2.05, 4.69) is 53.1 Å². The van der Waals surface area contributed by atoms with E-state index in [9.17, 15) is 0 Å². The van der Waals surface area contributed by atoms with Crippen LogP contribution < -0.4 is 5.32 Å². The summed E-state index contributed by atoms with van der Waals surface area (Å²) in [6.45, 7) is 5.39. The second kappa shape index (κ2) is 6.68. The van der Waals surface area contributed by atoms with Crippen LogP contribution in [0, 0.1) is 0 Å². The third-order valence-electron chi connectivity index (χ3n) is 3.10. The lowest BCUT2D eigenvalue weighted by molar-refractivity contribution is 0.575. The van der Waals surface area contributed by atoms with Gasteiger partial charge in [0.1, 0.15) is 6.33 Å². The predicted molar refractivity (Wildman–Crippen MR) is 78.5 cm³/mol. The van der Waals surface area contributed by atoms with E-state index in [1.165, 1.54) is 5.56 Å². The molecule has 5 nitrogen and oxygen atoms in total. The second-order valence-electron chi connectivity index (χ2n) is 4.53. The first-order valence-electron chi connectivity index (χ1n) is 6.30. The fourth-order valence-corrected chi connectivity index (χ4v) is 2.02. The second-order valence-corrected chi connectivity index (χ2v) is 5.80.